The summed E-state index contributed by atoms with van der Waals surface area (Å²) in [6.45, 7) is 9.08. The lowest BCUT2D eigenvalue weighted by Crippen LogP contribution is -2.31. The highest BCUT2D eigenvalue weighted by Crippen LogP contribution is 2.40. The van der Waals surface area contributed by atoms with Crippen LogP contribution in [-0.4, -0.2) is 28.3 Å². The highest BCUT2D eigenvalue weighted by molar-refractivity contribution is 7.99. The van der Waals surface area contributed by atoms with Gasteiger partial charge in [-0.2, -0.15) is 0 Å². The Morgan fingerprint density at radius 1 is 1.31 bits per heavy atom. The Balaban J connectivity index is 2.17. The van der Waals surface area contributed by atoms with Gasteiger partial charge in [-0.1, -0.05) is 54.2 Å². The van der Waals surface area contributed by atoms with E-state index >= 15 is 0 Å². The summed E-state index contributed by atoms with van der Waals surface area (Å²) in [5.74, 6) is -0.144. The second-order valence-corrected chi connectivity index (χ2v) is 7.71. The van der Waals surface area contributed by atoms with Crippen LogP contribution in [0.15, 0.2) is 70.8 Å². The predicted molar refractivity (Wildman–Crippen MR) is 117 cm³/mol. The summed E-state index contributed by atoms with van der Waals surface area (Å²) in [5, 5.41) is 4.12. The molecule has 29 heavy (non-hydrogen) atoms. The second-order valence-electron chi connectivity index (χ2n) is 6.27. The summed E-state index contributed by atoms with van der Waals surface area (Å²) in [6, 6.07) is 7.01. The number of ether oxygens (including phenoxy) is 1. The number of hydrogen-bond donors (Lipinski definition) is 2. The fourth-order valence-corrected chi connectivity index (χ4v) is 3.83. The minimum atomic E-state index is -0.643. The van der Waals surface area contributed by atoms with Crippen molar-refractivity contribution >= 4 is 35.1 Å². The van der Waals surface area contributed by atoms with Gasteiger partial charge in [-0.15, -0.1) is 6.58 Å². The van der Waals surface area contributed by atoms with Gasteiger partial charge in [0.15, 0.2) is 5.16 Å². The molecule has 0 saturated carbocycles. The predicted octanol–water partition coefficient (Wildman–Crippen LogP) is 4.26. The number of thioether (sulfide) groups is 1. The summed E-state index contributed by atoms with van der Waals surface area (Å²) in [5.41, 5.74) is 1.69. The van der Waals surface area contributed by atoms with Gasteiger partial charge in [0.05, 0.1) is 17.1 Å². The third-order valence-corrected chi connectivity index (χ3v) is 5.44. The van der Waals surface area contributed by atoms with Crippen LogP contribution in [0.4, 0.5) is 5.82 Å². The molecule has 2 heterocycles. The zero-order valence-corrected chi connectivity index (χ0v) is 17.4. The van der Waals surface area contributed by atoms with E-state index in [2.05, 4.69) is 28.4 Å². The molecule has 0 fully saturated rings. The van der Waals surface area contributed by atoms with E-state index in [9.17, 15) is 9.59 Å². The van der Waals surface area contributed by atoms with Crippen LogP contribution >= 0.6 is 23.4 Å². The molecule has 0 saturated heterocycles. The van der Waals surface area contributed by atoms with Crippen LogP contribution in [0.3, 0.4) is 0 Å². The Kier molecular flexibility index (Phi) is 6.61. The lowest BCUT2D eigenvalue weighted by Gasteiger charge is -2.28. The maximum atomic E-state index is 13.0. The molecule has 2 N–H and O–H groups in total. The fourth-order valence-electron chi connectivity index (χ4n) is 3.11. The van der Waals surface area contributed by atoms with Crippen LogP contribution in [-0.2, 0) is 9.53 Å². The molecule has 1 aliphatic rings. The van der Waals surface area contributed by atoms with Crippen molar-refractivity contribution in [1.82, 2.24) is 9.97 Å². The monoisotopic (exact) mass is 429 g/mol. The van der Waals surface area contributed by atoms with Crippen molar-refractivity contribution in [2.24, 2.45) is 0 Å². The highest BCUT2D eigenvalue weighted by atomic mass is 35.5. The highest BCUT2D eigenvalue weighted by Gasteiger charge is 2.36. The van der Waals surface area contributed by atoms with E-state index in [-0.39, 0.29) is 12.2 Å². The number of carbonyl (C=O) groups is 1. The zero-order valence-electron chi connectivity index (χ0n) is 15.8. The van der Waals surface area contributed by atoms with Crippen LogP contribution in [0, 0.1) is 0 Å². The molecule has 0 bridgehead atoms. The molecule has 0 radical (unpaired) electrons. The maximum Gasteiger partial charge on any atom is 0.337 e. The van der Waals surface area contributed by atoms with Crippen LogP contribution in [0.2, 0.25) is 5.02 Å². The molecule has 150 valence electrons. The number of rotatable bonds is 7. The number of anilines is 1. The average molecular weight is 430 g/mol. The van der Waals surface area contributed by atoms with Gasteiger partial charge in [0.1, 0.15) is 12.4 Å². The first-order chi connectivity index (χ1) is 14.0. The molecule has 6 nitrogen and oxygen atoms in total. The Hall–Kier alpha value is -2.77. The van der Waals surface area contributed by atoms with Crippen molar-refractivity contribution in [3.8, 4) is 0 Å². The molecule has 0 aliphatic carbocycles. The summed E-state index contributed by atoms with van der Waals surface area (Å²) in [6.07, 6.45) is 3.22. The van der Waals surface area contributed by atoms with E-state index in [4.69, 9.17) is 16.3 Å². The van der Waals surface area contributed by atoms with Gasteiger partial charge in [-0.05, 0) is 24.6 Å². The quantitative estimate of drug-likeness (QED) is 0.296. The lowest BCUT2D eigenvalue weighted by molar-refractivity contribution is -0.138. The van der Waals surface area contributed by atoms with Crippen LogP contribution in [0.25, 0.3) is 0 Å². The number of nitrogens with zero attached hydrogens (tertiary/aromatic N) is 1. The SMILES string of the molecule is C=CCOC(=O)C1=C(C)Nc2nc(SCC=C)[nH]c(=O)c2[C@@H]1c1ccc(Cl)cc1. The Bertz CT molecular complexity index is 1040. The largest absolute Gasteiger partial charge is 0.458 e. The van der Waals surface area contributed by atoms with Crippen molar-refractivity contribution in [1.29, 1.82) is 0 Å². The minimum Gasteiger partial charge on any atom is -0.458 e. The number of benzene rings is 1. The van der Waals surface area contributed by atoms with Gasteiger partial charge < -0.3 is 15.0 Å². The third kappa shape index (κ3) is 4.46. The third-order valence-electron chi connectivity index (χ3n) is 4.31. The van der Waals surface area contributed by atoms with E-state index < -0.39 is 11.9 Å². The van der Waals surface area contributed by atoms with Crippen LogP contribution in [0.1, 0.15) is 24.0 Å². The van der Waals surface area contributed by atoms with Crippen LogP contribution < -0.4 is 10.9 Å². The maximum absolute atomic E-state index is 13.0. The number of halogens is 1. The standard InChI is InChI=1S/C21H20ClN3O3S/c1-4-10-28-20(27)15-12(3)23-18-17(16(15)13-6-8-14(22)9-7-13)19(26)25-21(24-18)29-11-5-2/h4-9,16H,1-2,10-11H2,3H3,(H2,23,24,25,26)/t16-/m1/s1. The smallest absolute Gasteiger partial charge is 0.337 e. The molecule has 1 atom stereocenters. The zero-order chi connectivity index (χ0) is 21.0. The fraction of sp³-hybridized carbons (Fsp3) is 0.190. The molecule has 3 rings (SSSR count). The van der Waals surface area contributed by atoms with Crippen LogP contribution in [0.5, 0.6) is 0 Å². The Labute approximate surface area is 177 Å². The van der Waals surface area contributed by atoms with E-state index in [0.717, 1.165) is 5.56 Å². The molecular weight excluding hydrogens is 410 g/mol. The van der Waals surface area contributed by atoms with E-state index in [1.54, 1.807) is 37.3 Å². The van der Waals surface area contributed by atoms with E-state index in [1.165, 1.54) is 17.8 Å². The Morgan fingerprint density at radius 3 is 2.69 bits per heavy atom. The molecule has 0 spiro atoms. The number of aromatic amines is 1. The topological polar surface area (TPSA) is 84.1 Å². The number of allylic oxidation sites excluding steroid dienone is 1. The summed E-state index contributed by atoms with van der Waals surface area (Å²) >= 11 is 7.39. The molecule has 0 amide bonds. The molecule has 1 aliphatic heterocycles. The number of H-pyrrole nitrogens is 1. The molecular formula is C21H20ClN3O3S. The lowest BCUT2D eigenvalue weighted by atomic mass is 9.82. The molecule has 8 heteroatoms. The molecule has 2 aromatic rings. The van der Waals surface area contributed by atoms with Gasteiger partial charge in [-0.25, -0.2) is 9.78 Å². The van der Waals surface area contributed by atoms with Gasteiger partial charge in [-0.3, -0.25) is 4.79 Å². The van der Waals surface area contributed by atoms with Crippen molar-refractivity contribution < 1.29 is 9.53 Å². The Morgan fingerprint density at radius 2 is 2.03 bits per heavy atom. The van der Waals surface area contributed by atoms with Gasteiger partial charge in [0.2, 0.25) is 0 Å². The number of esters is 1. The number of fused-ring (bicyclic) bond motifs is 1. The van der Waals surface area contributed by atoms with E-state index in [0.29, 0.717) is 38.6 Å². The van der Waals surface area contributed by atoms with Gasteiger partial charge in [0, 0.05) is 16.5 Å². The molecule has 0 unspecified atom stereocenters. The number of hydrogen-bond acceptors (Lipinski definition) is 6. The second kappa shape index (κ2) is 9.15. The summed E-state index contributed by atoms with van der Waals surface area (Å²) < 4.78 is 5.28. The summed E-state index contributed by atoms with van der Waals surface area (Å²) in [7, 11) is 0. The minimum absolute atomic E-state index is 0.0710. The van der Waals surface area contributed by atoms with E-state index in [1.807, 2.05) is 0 Å². The number of carbonyl (C=O) groups excluding carboxylic acids is 1. The average Bonchev–Trinajstić information content (AvgIpc) is 2.70. The molecule has 1 aromatic carbocycles. The first-order valence-corrected chi connectivity index (χ1v) is 10.2. The number of nitrogens with one attached hydrogen (secondary N) is 2. The van der Waals surface area contributed by atoms with Gasteiger partial charge >= 0.3 is 5.97 Å². The van der Waals surface area contributed by atoms with Crippen molar-refractivity contribution in [3.63, 3.8) is 0 Å². The normalized spacial score (nSPS) is 15.3. The summed E-state index contributed by atoms with van der Waals surface area (Å²) in [4.78, 5) is 33.1. The first-order valence-electron chi connectivity index (χ1n) is 8.85. The van der Waals surface area contributed by atoms with Crippen molar-refractivity contribution in [3.05, 3.63) is 87.3 Å². The number of aromatic nitrogens is 2. The molecule has 1 aromatic heterocycles. The van der Waals surface area contributed by atoms with Crippen molar-refractivity contribution in [2.45, 2.75) is 18.0 Å². The van der Waals surface area contributed by atoms with Gasteiger partial charge in [0.25, 0.3) is 5.56 Å². The first kappa shape index (κ1) is 21.0. The van der Waals surface area contributed by atoms with Crippen molar-refractivity contribution in [2.75, 3.05) is 17.7 Å².